The average molecular weight is 208 g/mol. The van der Waals surface area contributed by atoms with Gasteiger partial charge < -0.3 is 4.90 Å². The van der Waals surface area contributed by atoms with Gasteiger partial charge in [0.05, 0.1) is 6.54 Å². The zero-order valence-electron chi connectivity index (χ0n) is 9.13. The van der Waals surface area contributed by atoms with Crippen LogP contribution in [0.15, 0.2) is 54.6 Å². The van der Waals surface area contributed by atoms with E-state index in [1.165, 1.54) is 16.8 Å². The minimum Gasteiger partial charge on any atom is -0.362 e. The van der Waals surface area contributed by atoms with Crippen molar-refractivity contribution in [2.24, 2.45) is 0 Å². The van der Waals surface area contributed by atoms with Crippen molar-refractivity contribution in [1.29, 1.82) is 0 Å². The Hall–Kier alpha value is -1.76. The van der Waals surface area contributed by atoms with E-state index in [4.69, 9.17) is 0 Å². The van der Waals surface area contributed by atoms with Gasteiger partial charge >= 0.3 is 0 Å². The molecule has 1 aliphatic heterocycles. The zero-order valence-corrected chi connectivity index (χ0v) is 9.13. The molecular weight excluding hydrogens is 194 g/mol. The SMILES string of the molecule is [CH]1c2ccccc2CCN1c1ccccc1. The van der Waals surface area contributed by atoms with Crippen molar-refractivity contribution in [3.8, 4) is 0 Å². The summed E-state index contributed by atoms with van der Waals surface area (Å²) < 4.78 is 0. The van der Waals surface area contributed by atoms with Crippen LogP contribution in [0, 0.1) is 6.54 Å². The summed E-state index contributed by atoms with van der Waals surface area (Å²) in [5.74, 6) is 0. The predicted molar refractivity (Wildman–Crippen MR) is 67.3 cm³/mol. The molecule has 0 unspecified atom stereocenters. The highest BCUT2D eigenvalue weighted by atomic mass is 15.1. The number of hydrogen-bond donors (Lipinski definition) is 0. The summed E-state index contributed by atoms with van der Waals surface area (Å²) >= 11 is 0. The molecule has 1 radical (unpaired) electrons. The quantitative estimate of drug-likeness (QED) is 0.695. The van der Waals surface area contributed by atoms with Crippen LogP contribution in [0.5, 0.6) is 0 Å². The Balaban J connectivity index is 1.89. The van der Waals surface area contributed by atoms with Gasteiger partial charge in [0.15, 0.2) is 0 Å². The van der Waals surface area contributed by atoms with Gasteiger partial charge in [-0.1, -0.05) is 42.5 Å². The largest absolute Gasteiger partial charge is 0.362 e. The summed E-state index contributed by atoms with van der Waals surface area (Å²) in [6.07, 6.45) is 1.13. The first-order valence-corrected chi connectivity index (χ1v) is 5.68. The fourth-order valence-electron chi connectivity index (χ4n) is 2.18. The molecule has 0 saturated carbocycles. The molecule has 0 amide bonds. The fraction of sp³-hybridized carbons (Fsp3) is 0.133. The third-order valence-electron chi connectivity index (χ3n) is 3.06. The van der Waals surface area contributed by atoms with E-state index in [0.29, 0.717) is 0 Å². The molecule has 2 aromatic rings. The monoisotopic (exact) mass is 208 g/mol. The number of nitrogens with zero attached hydrogens (tertiary/aromatic N) is 1. The normalized spacial score (nSPS) is 14.6. The van der Waals surface area contributed by atoms with E-state index in [2.05, 4.69) is 66.0 Å². The lowest BCUT2D eigenvalue weighted by Crippen LogP contribution is -2.28. The molecule has 3 rings (SSSR count). The molecule has 0 atom stereocenters. The van der Waals surface area contributed by atoms with Crippen LogP contribution in [-0.2, 0) is 6.42 Å². The minimum atomic E-state index is 1.07. The Labute approximate surface area is 96.3 Å². The molecule has 0 bridgehead atoms. The second-order valence-corrected chi connectivity index (χ2v) is 4.11. The Morgan fingerprint density at radius 3 is 2.44 bits per heavy atom. The average Bonchev–Trinajstić information content (AvgIpc) is 2.39. The summed E-state index contributed by atoms with van der Waals surface area (Å²) in [6.45, 7) is 3.31. The van der Waals surface area contributed by atoms with E-state index in [-0.39, 0.29) is 0 Å². The summed E-state index contributed by atoms with van der Waals surface area (Å²) in [5, 5.41) is 0. The van der Waals surface area contributed by atoms with Crippen LogP contribution in [-0.4, -0.2) is 6.54 Å². The highest BCUT2D eigenvalue weighted by molar-refractivity contribution is 5.54. The summed E-state index contributed by atoms with van der Waals surface area (Å²) in [5.41, 5.74) is 4.07. The van der Waals surface area contributed by atoms with Gasteiger partial charge in [0, 0.05) is 12.2 Å². The molecule has 0 saturated heterocycles. The molecule has 0 N–H and O–H groups in total. The lowest BCUT2D eigenvalue weighted by molar-refractivity contribution is 0.832. The molecule has 0 fully saturated rings. The zero-order chi connectivity index (χ0) is 10.8. The smallest absolute Gasteiger partial charge is 0.0790 e. The van der Waals surface area contributed by atoms with E-state index < -0.39 is 0 Å². The van der Waals surface area contributed by atoms with Gasteiger partial charge in [-0.05, 0) is 29.7 Å². The van der Waals surface area contributed by atoms with Gasteiger partial charge in [-0.3, -0.25) is 0 Å². The molecule has 0 aliphatic carbocycles. The number of para-hydroxylation sites is 1. The first kappa shape index (κ1) is 9.46. The predicted octanol–water partition coefficient (Wildman–Crippen LogP) is 3.26. The van der Waals surface area contributed by atoms with Crippen LogP contribution in [0.25, 0.3) is 0 Å². The second kappa shape index (κ2) is 4.01. The second-order valence-electron chi connectivity index (χ2n) is 4.11. The highest BCUT2D eigenvalue weighted by Gasteiger charge is 2.15. The molecule has 1 heteroatoms. The number of fused-ring (bicyclic) bond motifs is 1. The van der Waals surface area contributed by atoms with Crippen LogP contribution in [0.4, 0.5) is 5.69 Å². The fourth-order valence-corrected chi connectivity index (χ4v) is 2.18. The van der Waals surface area contributed by atoms with Crippen LogP contribution >= 0.6 is 0 Å². The Bertz CT molecular complexity index is 476. The van der Waals surface area contributed by atoms with E-state index in [0.717, 1.165) is 13.0 Å². The lowest BCUT2D eigenvalue weighted by Gasteiger charge is -2.30. The molecule has 16 heavy (non-hydrogen) atoms. The van der Waals surface area contributed by atoms with Crippen molar-refractivity contribution in [3.63, 3.8) is 0 Å². The molecule has 1 heterocycles. The van der Waals surface area contributed by atoms with Gasteiger partial charge in [-0.25, -0.2) is 0 Å². The van der Waals surface area contributed by atoms with Crippen molar-refractivity contribution >= 4 is 5.69 Å². The maximum absolute atomic E-state index is 2.32. The summed E-state index contributed by atoms with van der Waals surface area (Å²) in [7, 11) is 0. The van der Waals surface area contributed by atoms with E-state index >= 15 is 0 Å². The Morgan fingerprint density at radius 1 is 0.812 bits per heavy atom. The minimum absolute atomic E-state index is 1.07. The molecule has 2 aromatic carbocycles. The maximum atomic E-state index is 2.32. The number of anilines is 1. The van der Waals surface area contributed by atoms with Gasteiger partial charge in [-0.2, -0.15) is 0 Å². The number of hydrogen-bond acceptors (Lipinski definition) is 1. The third kappa shape index (κ3) is 1.69. The van der Waals surface area contributed by atoms with Crippen molar-refractivity contribution in [1.82, 2.24) is 0 Å². The van der Waals surface area contributed by atoms with Crippen LogP contribution in [0.3, 0.4) is 0 Å². The Kier molecular flexibility index (Phi) is 2.37. The number of benzene rings is 2. The molecule has 0 aromatic heterocycles. The van der Waals surface area contributed by atoms with Crippen LogP contribution < -0.4 is 4.90 Å². The Morgan fingerprint density at radius 2 is 1.56 bits per heavy atom. The third-order valence-corrected chi connectivity index (χ3v) is 3.06. The van der Waals surface area contributed by atoms with Gasteiger partial charge in [0.25, 0.3) is 0 Å². The van der Waals surface area contributed by atoms with E-state index in [1.807, 2.05) is 0 Å². The van der Waals surface area contributed by atoms with Crippen molar-refractivity contribution < 1.29 is 0 Å². The highest BCUT2D eigenvalue weighted by Crippen LogP contribution is 2.25. The van der Waals surface area contributed by atoms with Crippen molar-refractivity contribution in [2.75, 3.05) is 11.4 Å². The maximum Gasteiger partial charge on any atom is 0.0790 e. The van der Waals surface area contributed by atoms with Crippen LogP contribution in [0.1, 0.15) is 11.1 Å². The first-order chi connectivity index (χ1) is 7.93. The summed E-state index contributed by atoms with van der Waals surface area (Å²) in [6, 6.07) is 19.2. The van der Waals surface area contributed by atoms with Gasteiger partial charge in [0.1, 0.15) is 0 Å². The summed E-state index contributed by atoms with van der Waals surface area (Å²) in [4.78, 5) is 2.32. The van der Waals surface area contributed by atoms with Crippen molar-refractivity contribution in [3.05, 3.63) is 72.3 Å². The molecule has 1 aliphatic rings. The molecular formula is C15H14N. The van der Waals surface area contributed by atoms with Gasteiger partial charge in [0.2, 0.25) is 0 Å². The molecule has 79 valence electrons. The molecule has 0 spiro atoms. The number of rotatable bonds is 1. The van der Waals surface area contributed by atoms with Crippen LogP contribution in [0.2, 0.25) is 0 Å². The lowest BCUT2D eigenvalue weighted by atomic mass is 9.99. The van der Waals surface area contributed by atoms with E-state index in [1.54, 1.807) is 0 Å². The standard InChI is InChI=1S/C15H14N/c1-2-8-15(9-3-1)16-11-10-13-6-4-5-7-14(13)12-16/h1-9,12H,10-11H2. The molecule has 1 nitrogen and oxygen atoms in total. The first-order valence-electron chi connectivity index (χ1n) is 5.68. The van der Waals surface area contributed by atoms with Crippen molar-refractivity contribution in [2.45, 2.75) is 6.42 Å². The van der Waals surface area contributed by atoms with Gasteiger partial charge in [-0.15, -0.1) is 0 Å². The topological polar surface area (TPSA) is 3.24 Å². The van der Waals surface area contributed by atoms with E-state index in [9.17, 15) is 0 Å².